The van der Waals surface area contributed by atoms with Crippen molar-refractivity contribution in [2.24, 2.45) is 5.73 Å². The fraction of sp³-hybridized carbons (Fsp3) is 0.308. The highest BCUT2D eigenvalue weighted by Crippen LogP contribution is 2.20. The van der Waals surface area contributed by atoms with E-state index in [1.807, 2.05) is 5.51 Å². The van der Waals surface area contributed by atoms with Gasteiger partial charge in [0.25, 0.3) is 0 Å². The zero-order valence-corrected chi connectivity index (χ0v) is 12.7. The third-order valence-electron chi connectivity index (χ3n) is 2.71. The number of aromatic nitrogens is 1. The predicted molar refractivity (Wildman–Crippen MR) is 79.3 cm³/mol. The second kappa shape index (κ2) is 6.43. The van der Waals surface area contributed by atoms with Gasteiger partial charge in [-0.1, -0.05) is 28.1 Å². The van der Waals surface area contributed by atoms with Crippen molar-refractivity contribution in [3.8, 4) is 0 Å². The van der Waals surface area contributed by atoms with Gasteiger partial charge in [-0.25, -0.2) is 4.98 Å². The van der Waals surface area contributed by atoms with Gasteiger partial charge in [0.05, 0.1) is 11.2 Å². The van der Waals surface area contributed by atoms with Crippen molar-refractivity contribution < 1.29 is 0 Å². The first-order chi connectivity index (χ1) is 8.69. The summed E-state index contributed by atoms with van der Waals surface area (Å²) in [5.41, 5.74) is 11.0. The van der Waals surface area contributed by atoms with E-state index in [1.54, 1.807) is 11.3 Å². The Labute approximate surface area is 120 Å². The minimum atomic E-state index is 0.577. The van der Waals surface area contributed by atoms with E-state index in [9.17, 15) is 0 Å². The Kier molecular flexibility index (Phi) is 4.88. The van der Waals surface area contributed by atoms with Gasteiger partial charge in [0, 0.05) is 29.5 Å². The number of nitrogens with two attached hydrogens (primary N) is 1. The van der Waals surface area contributed by atoms with Crippen LogP contribution < -0.4 is 5.73 Å². The molecule has 3 nitrogen and oxygen atoms in total. The highest BCUT2D eigenvalue weighted by molar-refractivity contribution is 9.10. The summed E-state index contributed by atoms with van der Waals surface area (Å²) in [7, 11) is 2.10. The maximum absolute atomic E-state index is 5.62. The highest BCUT2D eigenvalue weighted by atomic mass is 79.9. The number of halogens is 1. The zero-order valence-electron chi connectivity index (χ0n) is 10.3. The smallest absolute Gasteiger partial charge is 0.0795 e. The van der Waals surface area contributed by atoms with Crippen LogP contribution in [0.15, 0.2) is 33.6 Å². The van der Waals surface area contributed by atoms with Crippen molar-refractivity contribution in [3.05, 3.63) is 50.4 Å². The summed E-state index contributed by atoms with van der Waals surface area (Å²) >= 11 is 5.23. The van der Waals surface area contributed by atoms with E-state index >= 15 is 0 Å². The lowest BCUT2D eigenvalue weighted by Gasteiger charge is -2.16. The number of hydrogen-bond acceptors (Lipinski definition) is 4. The first kappa shape index (κ1) is 13.7. The molecule has 2 rings (SSSR count). The molecule has 0 amide bonds. The Bertz CT molecular complexity index is 499. The second-order valence-electron chi connectivity index (χ2n) is 4.28. The van der Waals surface area contributed by atoms with Crippen LogP contribution in [0.2, 0.25) is 0 Å². The number of rotatable bonds is 5. The molecular formula is C13H16BrN3S. The van der Waals surface area contributed by atoms with Gasteiger partial charge in [-0.05, 0) is 24.2 Å². The molecule has 1 heterocycles. The van der Waals surface area contributed by atoms with Gasteiger partial charge in [0.2, 0.25) is 0 Å². The van der Waals surface area contributed by atoms with E-state index in [0.29, 0.717) is 6.54 Å². The average Bonchev–Trinajstić information content (AvgIpc) is 2.84. The van der Waals surface area contributed by atoms with Crippen molar-refractivity contribution in [2.75, 3.05) is 7.05 Å². The molecule has 0 saturated heterocycles. The van der Waals surface area contributed by atoms with E-state index in [-0.39, 0.29) is 0 Å². The first-order valence-corrected chi connectivity index (χ1v) is 7.45. The molecule has 5 heteroatoms. The lowest BCUT2D eigenvalue weighted by atomic mass is 10.1. The summed E-state index contributed by atoms with van der Waals surface area (Å²) in [5.74, 6) is 0. The molecule has 2 N–H and O–H groups in total. The van der Waals surface area contributed by atoms with Crippen molar-refractivity contribution in [1.82, 2.24) is 9.88 Å². The van der Waals surface area contributed by atoms with Gasteiger partial charge in [0.1, 0.15) is 0 Å². The molecule has 18 heavy (non-hydrogen) atoms. The monoisotopic (exact) mass is 325 g/mol. The summed E-state index contributed by atoms with van der Waals surface area (Å²) in [6, 6.07) is 6.30. The fourth-order valence-electron chi connectivity index (χ4n) is 1.78. The van der Waals surface area contributed by atoms with Crippen molar-refractivity contribution >= 4 is 27.3 Å². The summed E-state index contributed by atoms with van der Waals surface area (Å²) in [6.07, 6.45) is 0. The van der Waals surface area contributed by atoms with Gasteiger partial charge in [-0.3, -0.25) is 4.90 Å². The molecule has 0 aliphatic heterocycles. The molecule has 2 aromatic rings. The molecule has 1 aromatic carbocycles. The van der Waals surface area contributed by atoms with Crippen LogP contribution in [-0.2, 0) is 19.6 Å². The lowest BCUT2D eigenvalue weighted by molar-refractivity contribution is 0.315. The number of benzene rings is 1. The molecule has 0 unspecified atom stereocenters. The molecular weight excluding hydrogens is 310 g/mol. The Hall–Kier alpha value is -0.750. The van der Waals surface area contributed by atoms with Gasteiger partial charge in [-0.2, -0.15) is 0 Å². The standard InChI is InChI=1S/C13H16BrN3S/c1-17(7-12-8-18-9-16-12)6-11-3-2-10(5-15)4-13(11)14/h2-4,8-9H,5-7,15H2,1H3. The van der Waals surface area contributed by atoms with E-state index < -0.39 is 0 Å². The van der Waals surface area contributed by atoms with Crippen molar-refractivity contribution in [3.63, 3.8) is 0 Å². The second-order valence-corrected chi connectivity index (χ2v) is 5.85. The van der Waals surface area contributed by atoms with Crippen LogP contribution in [0.5, 0.6) is 0 Å². The number of thiazole rings is 1. The number of nitrogens with zero attached hydrogens (tertiary/aromatic N) is 2. The Morgan fingerprint density at radius 1 is 1.39 bits per heavy atom. The molecule has 96 valence electrons. The van der Waals surface area contributed by atoms with Gasteiger partial charge in [-0.15, -0.1) is 11.3 Å². The largest absolute Gasteiger partial charge is 0.326 e. The van der Waals surface area contributed by atoms with E-state index in [2.05, 4.69) is 56.4 Å². The van der Waals surface area contributed by atoms with Crippen molar-refractivity contribution in [1.29, 1.82) is 0 Å². The molecule has 0 aliphatic rings. The Morgan fingerprint density at radius 3 is 2.83 bits per heavy atom. The normalized spacial score (nSPS) is 11.1. The minimum absolute atomic E-state index is 0.577. The third kappa shape index (κ3) is 3.62. The van der Waals surface area contributed by atoms with Crippen LogP contribution in [-0.4, -0.2) is 16.9 Å². The predicted octanol–water partition coefficient (Wildman–Crippen LogP) is 3.00. The molecule has 0 aliphatic carbocycles. The maximum atomic E-state index is 5.62. The maximum Gasteiger partial charge on any atom is 0.0795 e. The molecule has 0 bridgehead atoms. The summed E-state index contributed by atoms with van der Waals surface area (Å²) in [4.78, 5) is 6.54. The topological polar surface area (TPSA) is 42.2 Å². The van der Waals surface area contributed by atoms with Gasteiger partial charge in [0.15, 0.2) is 0 Å². The molecule has 1 aromatic heterocycles. The Balaban J connectivity index is 2.00. The molecule has 0 atom stereocenters. The third-order valence-corrected chi connectivity index (χ3v) is 4.08. The van der Waals surface area contributed by atoms with E-state index in [4.69, 9.17) is 5.73 Å². The Morgan fingerprint density at radius 2 is 2.22 bits per heavy atom. The molecule has 0 fully saturated rings. The number of hydrogen-bond donors (Lipinski definition) is 1. The van der Waals surface area contributed by atoms with Crippen LogP contribution >= 0.6 is 27.3 Å². The summed E-state index contributed by atoms with van der Waals surface area (Å²) < 4.78 is 1.12. The minimum Gasteiger partial charge on any atom is -0.326 e. The van der Waals surface area contributed by atoms with Gasteiger partial charge >= 0.3 is 0 Å². The summed E-state index contributed by atoms with van der Waals surface area (Å²) in [6.45, 7) is 2.34. The van der Waals surface area contributed by atoms with E-state index in [0.717, 1.165) is 28.8 Å². The SMILES string of the molecule is CN(Cc1cscn1)Cc1ccc(CN)cc1Br. The zero-order chi connectivity index (χ0) is 13.0. The quantitative estimate of drug-likeness (QED) is 0.918. The summed E-state index contributed by atoms with van der Waals surface area (Å²) in [5, 5.41) is 2.09. The van der Waals surface area contributed by atoms with Gasteiger partial charge < -0.3 is 5.73 Å². The molecule has 0 radical (unpaired) electrons. The van der Waals surface area contributed by atoms with Crippen LogP contribution in [0, 0.1) is 0 Å². The van der Waals surface area contributed by atoms with Crippen molar-refractivity contribution in [2.45, 2.75) is 19.6 Å². The highest BCUT2D eigenvalue weighted by Gasteiger charge is 2.06. The lowest BCUT2D eigenvalue weighted by Crippen LogP contribution is -2.17. The first-order valence-electron chi connectivity index (χ1n) is 5.72. The fourth-order valence-corrected chi connectivity index (χ4v) is 2.89. The van der Waals surface area contributed by atoms with E-state index in [1.165, 1.54) is 5.56 Å². The van der Waals surface area contributed by atoms with Crippen LogP contribution in [0.4, 0.5) is 0 Å². The average molecular weight is 326 g/mol. The van der Waals surface area contributed by atoms with Crippen LogP contribution in [0.1, 0.15) is 16.8 Å². The van der Waals surface area contributed by atoms with Crippen LogP contribution in [0.3, 0.4) is 0 Å². The van der Waals surface area contributed by atoms with Crippen LogP contribution in [0.25, 0.3) is 0 Å². The molecule has 0 saturated carbocycles. The molecule has 0 spiro atoms.